The molecule has 1 heteroatoms. The van der Waals surface area contributed by atoms with Gasteiger partial charge in [0.15, 0.2) is 0 Å². The van der Waals surface area contributed by atoms with Gasteiger partial charge >= 0.3 is 0 Å². The largest absolute Gasteiger partial charge is 0.309 e. The Labute approximate surface area is 154 Å². The van der Waals surface area contributed by atoms with Crippen LogP contribution in [0.15, 0.2) is 12.2 Å². The van der Waals surface area contributed by atoms with E-state index in [0.717, 1.165) is 11.8 Å². The Morgan fingerprint density at radius 3 is 1.83 bits per heavy atom. The number of allylic oxidation sites excluding steroid dienone is 2. The summed E-state index contributed by atoms with van der Waals surface area (Å²) in [6.45, 7) is 8.28. The van der Waals surface area contributed by atoms with Crippen LogP contribution in [0, 0.1) is 11.8 Å². The predicted octanol–water partition coefficient (Wildman–Crippen LogP) is 7.47. The van der Waals surface area contributed by atoms with E-state index in [9.17, 15) is 0 Å². The highest BCUT2D eigenvalue weighted by Gasteiger charge is 2.02. The highest BCUT2D eigenvalue weighted by atomic mass is 15.0. The second kappa shape index (κ2) is 17.5. The van der Waals surface area contributed by atoms with Crippen LogP contribution in [0.2, 0.25) is 0 Å². The first kappa shape index (κ1) is 23.7. The van der Waals surface area contributed by atoms with Crippen molar-refractivity contribution in [3.63, 3.8) is 0 Å². The zero-order valence-electron chi connectivity index (χ0n) is 17.7. The molecule has 0 saturated carbocycles. The van der Waals surface area contributed by atoms with Gasteiger partial charge in [0.05, 0.1) is 0 Å². The highest BCUT2D eigenvalue weighted by Crippen LogP contribution is 2.16. The van der Waals surface area contributed by atoms with Gasteiger partial charge in [0.1, 0.15) is 0 Å². The molecule has 0 N–H and O–H groups in total. The van der Waals surface area contributed by atoms with Crippen LogP contribution in [0.3, 0.4) is 0 Å². The normalized spacial score (nSPS) is 14.6. The van der Waals surface area contributed by atoms with E-state index in [2.05, 4.69) is 51.9 Å². The summed E-state index contributed by atoms with van der Waals surface area (Å²) in [5, 5.41) is 0. The lowest BCUT2D eigenvalue weighted by molar-refractivity contribution is 0.346. The molecule has 2 atom stereocenters. The van der Waals surface area contributed by atoms with Gasteiger partial charge in [0.2, 0.25) is 0 Å². The maximum absolute atomic E-state index is 2.42. The average Bonchev–Trinajstić information content (AvgIpc) is 2.54. The van der Waals surface area contributed by atoms with Crippen LogP contribution in [0.1, 0.15) is 104 Å². The molecule has 0 aromatic heterocycles. The lowest BCUT2D eigenvalue weighted by atomic mass is 9.98. The minimum atomic E-state index is 0.783. The van der Waals surface area contributed by atoms with Crippen molar-refractivity contribution >= 4 is 0 Å². The molecule has 0 saturated heterocycles. The Hall–Kier alpha value is -0.300. The van der Waals surface area contributed by atoms with Gasteiger partial charge in [-0.05, 0) is 51.7 Å². The lowest BCUT2D eigenvalue weighted by Crippen LogP contribution is -2.15. The summed E-state index contributed by atoms with van der Waals surface area (Å²) in [4.78, 5) is 2.30. The second-order valence-electron chi connectivity index (χ2n) is 8.30. The Kier molecular flexibility index (Phi) is 17.3. The van der Waals surface area contributed by atoms with Crippen molar-refractivity contribution in [3.05, 3.63) is 12.2 Å². The first-order chi connectivity index (χ1) is 11.6. The molecule has 0 amide bonds. The Morgan fingerprint density at radius 2 is 1.29 bits per heavy atom. The highest BCUT2D eigenvalue weighted by molar-refractivity contribution is 4.85. The first-order valence-electron chi connectivity index (χ1n) is 10.9. The van der Waals surface area contributed by atoms with Crippen LogP contribution in [0.4, 0.5) is 0 Å². The smallest absolute Gasteiger partial charge is 0.00223 e. The minimum absolute atomic E-state index is 0.783. The van der Waals surface area contributed by atoms with E-state index in [1.165, 1.54) is 90.0 Å². The molecule has 24 heavy (non-hydrogen) atoms. The summed E-state index contributed by atoms with van der Waals surface area (Å²) in [7, 11) is 4.35. The predicted molar refractivity (Wildman–Crippen MR) is 112 cm³/mol. The SMILES string of the molecule is CCC/C=C/C(C)CCCCCCCCCCC(C)CCN(C)C. The Balaban J connectivity index is 3.25. The second-order valence-corrected chi connectivity index (χ2v) is 8.30. The molecule has 0 spiro atoms. The number of hydrogen-bond acceptors (Lipinski definition) is 1. The molecule has 0 rings (SSSR count). The summed E-state index contributed by atoms with van der Waals surface area (Å²) < 4.78 is 0. The molecule has 2 unspecified atom stereocenters. The minimum Gasteiger partial charge on any atom is -0.309 e. The van der Waals surface area contributed by atoms with Crippen molar-refractivity contribution in [2.24, 2.45) is 11.8 Å². The Morgan fingerprint density at radius 1 is 0.750 bits per heavy atom. The van der Waals surface area contributed by atoms with Crippen LogP contribution in [0.5, 0.6) is 0 Å². The van der Waals surface area contributed by atoms with Gasteiger partial charge in [-0.25, -0.2) is 0 Å². The van der Waals surface area contributed by atoms with Crippen LogP contribution < -0.4 is 0 Å². The number of nitrogens with zero attached hydrogens (tertiary/aromatic N) is 1. The molecule has 0 aliphatic rings. The monoisotopic (exact) mass is 337 g/mol. The van der Waals surface area contributed by atoms with Gasteiger partial charge in [0, 0.05) is 0 Å². The standard InChI is InChI=1S/C23H47N/c1-6-7-14-17-22(2)18-15-12-10-8-9-11-13-16-19-23(3)20-21-24(4)5/h14,17,22-23H,6-13,15-16,18-21H2,1-5H3/b17-14+. The molecular formula is C23H47N. The zero-order chi connectivity index (χ0) is 18.0. The summed E-state index contributed by atoms with van der Waals surface area (Å²) in [6, 6.07) is 0. The molecular weight excluding hydrogens is 290 g/mol. The van der Waals surface area contributed by atoms with E-state index < -0.39 is 0 Å². The van der Waals surface area contributed by atoms with Crippen molar-refractivity contribution in [1.29, 1.82) is 0 Å². The fraction of sp³-hybridized carbons (Fsp3) is 0.913. The third-order valence-electron chi connectivity index (χ3n) is 5.10. The fourth-order valence-electron chi connectivity index (χ4n) is 3.23. The number of hydrogen-bond donors (Lipinski definition) is 0. The third-order valence-corrected chi connectivity index (χ3v) is 5.10. The molecule has 0 aliphatic carbocycles. The first-order valence-corrected chi connectivity index (χ1v) is 10.9. The summed E-state index contributed by atoms with van der Waals surface area (Å²) in [5.41, 5.74) is 0. The van der Waals surface area contributed by atoms with E-state index in [4.69, 9.17) is 0 Å². The Bertz CT molecular complexity index is 269. The molecule has 0 aliphatic heterocycles. The van der Waals surface area contributed by atoms with Gasteiger partial charge in [-0.3, -0.25) is 0 Å². The van der Waals surface area contributed by atoms with Crippen LogP contribution in [0.25, 0.3) is 0 Å². The van der Waals surface area contributed by atoms with Crippen LogP contribution in [-0.2, 0) is 0 Å². The third kappa shape index (κ3) is 18.0. The number of unbranched alkanes of at least 4 members (excludes halogenated alkanes) is 8. The summed E-state index contributed by atoms with van der Waals surface area (Å²) >= 11 is 0. The molecule has 144 valence electrons. The van der Waals surface area contributed by atoms with Crippen LogP contribution in [-0.4, -0.2) is 25.5 Å². The average molecular weight is 338 g/mol. The van der Waals surface area contributed by atoms with E-state index in [1.54, 1.807) is 0 Å². The lowest BCUT2D eigenvalue weighted by Gasteiger charge is -2.14. The van der Waals surface area contributed by atoms with Crippen molar-refractivity contribution < 1.29 is 0 Å². The van der Waals surface area contributed by atoms with E-state index in [1.807, 2.05) is 0 Å². The van der Waals surface area contributed by atoms with Gasteiger partial charge < -0.3 is 4.90 Å². The van der Waals surface area contributed by atoms with Crippen molar-refractivity contribution in [2.75, 3.05) is 20.6 Å². The van der Waals surface area contributed by atoms with Crippen molar-refractivity contribution in [3.8, 4) is 0 Å². The fourth-order valence-corrected chi connectivity index (χ4v) is 3.23. The maximum atomic E-state index is 2.42. The quantitative estimate of drug-likeness (QED) is 0.196. The summed E-state index contributed by atoms with van der Waals surface area (Å²) in [5.74, 6) is 1.69. The van der Waals surface area contributed by atoms with Gasteiger partial charge in [-0.2, -0.15) is 0 Å². The van der Waals surface area contributed by atoms with Crippen molar-refractivity contribution in [2.45, 2.75) is 104 Å². The molecule has 0 aromatic carbocycles. The number of rotatable bonds is 17. The molecule has 0 radical (unpaired) electrons. The van der Waals surface area contributed by atoms with Crippen molar-refractivity contribution in [1.82, 2.24) is 4.90 Å². The molecule has 1 nitrogen and oxygen atoms in total. The van der Waals surface area contributed by atoms with Crippen LogP contribution >= 0.6 is 0 Å². The molecule has 0 heterocycles. The van der Waals surface area contributed by atoms with Gasteiger partial charge in [-0.1, -0.05) is 97.1 Å². The molecule has 0 bridgehead atoms. The van der Waals surface area contributed by atoms with E-state index in [0.29, 0.717) is 0 Å². The zero-order valence-corrected chi connectivity index (χ0v) is 17.7. The maximum Gasteiger partial charge on any atom is -0.00223 e. The topological polar surface area (TPSA) is 3.24 Å². The van der Waals surface area contributed by atoms with Gasteiger partial charge in [-0.15, -0.1) is 0 Å². The molecule has 0 fully saturated rings. The molecule has 0 aromatic rings. The summed E-state index contributed by atoms with van der Waals surface area (Å²) in [6.07, 6.45) is 23.0. The van der Waals surface area contributed by atoms with E-state index >= 15 is 0 Å². The van der Waals surface area contributed by atoms with E-state index in [-0.39, 0.29) is 0 Å². The van der Waals surface area contributed by atoms with Gasteiger partial charge in [0.25, 0.3) is 0 Å².